The summed E-state index contributed by atoms with van der Waals surface area (Å²) in [5.41, 5.74) is 4.76. The lowest BCUT2D eigenvalue weighted by Gasteiger charge is -2.11. The van der Waals surface area contributed by atoms with Crippen LogP contribution in [-0.2, 0) is 16.1 Å². The van der Waals surface area contributed by atoms with Crippen LogP contribution in [0.4, 0.5) is 0 Å². The van der Waals surface area contributed by atoms with Gasteiger partial charge in [0.05, 0.1) is 18.3 Å². The van der Waals surface area contributed by atoms with Gasteiger partial charge in [0.25, 0.3) is 5.91 Å². The molecule has 3 rings (SSSR count). The summed E-state index contributed by atoms with van der Waals surface area (Å²) in [5, 5.41) is 15.2. The Bertz CT molecular complexity index is 1120. The molecule has 0 fully saturated rings. The lowest BCUT2D eigenvalue weighted by atomic mass is 10.1. The number of ether oxygens (including phenoxy) is 1. The second-order valence-corrected chi connectivity index (χ2v) is 8.03. The number of hydrogen-bond donors (Lipinski definition) is 1. The smallest absolute Gasteiger partial charge is 0.262 e. The number of thiazole rings is 1. The van der Waals surface area contributed by atoms with E-state index in [9.17, 15) is 10.1 Å². The van der Waals surface area contributed by atoms with E-state index in [2.05, 4.69) is 19.9 Å². The molecule has 0 saturated carbocycles. The Morgan fingerprint density at radius 1 is 1.39 bits per heavy atom. The van der Waals surface area contributed by atoms with Crippen molar-refractivity contribution in [1.29, 1.82) is 5.26 Å². The highest BCUT2D eigenvalue weighted by Gasteiger charge is 2.18. The third kappa shape index (κ3) is 5.26. The molecule has 1 unspecified atom stereocenters. The number of aryl methyl sites for hydroxylation is 1. The highest BCUT2D eigenvalue weighted by molar-refractivity contribution is 7.10. The molecular weight excluding hydrogens is 410 g/mol. The average molecular weight is 436 g/mol. The predicted octanol–water partition coefficient (Wildman–Crippen LogP) is 4.05. The van der Waals surface area contributed by atoms with Gasteiger partial charge in [-0.15, -0.1) is 11.3 Å². The Hall–Kier alpha value is -3.28. The lowest BCUT2D eigenvalue weighted by Crippen LogP contribution is -2.27. The van der Waals surface area contributed by atoms with Gasteiger partial charge in [-0.2, -0.15) is 5.26 Å². The molecular formula is C23H25N5O2S. The Morgan fingerprint density at radius 3 is 2.81 bits per heavy atom. The molecule has 7 nitrogen and oxygen atoms in total. The maximum absolute atomic E-state index is 12.8. The van der Waals surface area contributed by atoms with Crippen LogP contribution in [0.25, 0.3) is 17.3 Å². The number of amides is 1. The third-order valence-corrected chi connectivity index (χ3v) is 6.04. The molecule has 0 radical (unpaired) electrons. The summed E-state index contributed by atoms with van der Waals surface area (Å²) in [5.74, 6) is -0.419. The zero-order valence-corrected chi connectivity index (χ0v) is 18.9. The summed E-state index contributed by atoms with van der Waals surface area (Å²) < 4.78 is 7.27. The molecule has 160 valence electrons. The van der Waals surface area contributed by atoms with Gasteiger partial charge in [-0.1, -0.05) is 0 Å². The number of nitrogens with zero attached hydrogens (tertiary/aromatic N) is 4. The fraction of sp³-hybridized carbons (Fsp3) is 0.304. The molecule has 3 aromatic rings. The van der Waals surface area contributed by atoms with Crippen molar-refractivity contribution in [3.63, 3.8) is 0 Å². The molecule has 3 aromatic heterocycles. The molecule has 3 heterocycles. The minimum Gasteiger partial charge on any atom is -0.383 e. The van der Waals surface area contributed by atoms with Crippen LogP contribution in [-0.4, -0.2) is 34.2 Å². The highest BCUT2D eigenvalue weighted by Crippen LogP contribution is 2.25. The molecule has 0 bridgehead atoms. The van der Waals surface area contributed by atoms with E-state index in [0.29, 0.717) is 6.61 Å². The predicted molar refractivity (Wildman–Crippen MR) is 121 cm³/mol. The molecule has 8 heteroatoms. The van der Waals surface area contributed by atoms with Crippen LogP contribution in [0.5, 0.6) is 0 Å². The largest absolute Gasteiger partial charge is 0.383 e. The fourth-order valence-corrected chi connectivity index (χ4v) is 4.12. The average Bonchev–Trinajstić information content (AvgIpc) is 3.36. The SMILES string of the molecule is COCCn1c(C)cc(C=C(C#N)C(=O)NC(C)c2nc(-c3ccncc3)cs2)c1C. The maximum Gasteiger partial charge on any atom is 0.262 e. The van der Waals surface area contributed by atoms with Crippen molar-refractivity contribution in [1.82, 2.24) is 19.9 Å². The van der Waals surface area contributed by atoms with Gasteiger partial charge in [-0.05, 0) is 50.6 Å². The second-order valence-electron chi connectivity index (χ2n) is 7.14. The van der Waals surface area contributed by atoms with Crippen LogP contribution < -0.4 is 5.32 Å². The Balaban J connectivity index is 1.74. The summed E-state index contributed by atoms with van der Waals surface area (Å²) in [6, 6.07) is 7.46. The number of nitrogens with one attached hydrogen (secondary N) is 1. The van der Waals surface area contributed by atoms with Crippen molar-refractivity contribution in [2.45, 2.75) is 33.4 Å². The lowest BCUT2D eigenvalue weighted by molar-refractivity contribution is -0.117. The first-order valence-electron chi connectivity index (χ1n) is 9.88. The summed E-state index contributed by atoms with van der Waals surface area (Å²) >= 11 is 1.47. The number of carbonyl (C=O) groups is 1. The second kappa shape index (κ2) is 10.2. The van der Waals surface area contributed by atoms with Crippen LogP contribution in [0.2, 0.25) is 0 Å². The summed E-state index contributed by atoms with van der Waals surface area (Å²) in [6.45, 7) is 7.14. The zero-order valence-electron chi connectivity index (χ0n) is 18.0. The number of carbonyl (C=O) groups excluding carboxylic acids is 1. The van der Waals surface area contributed by atoms with E-state index in [1.807, 2.05) is 50.4 Å². The Labute approximate surface area is 186 Å². The van der Waals surface area contributed by atoms with E-state index in [0.717, 1.165) is 39.8 Å². The number of pyridine rings is 1. The first-order valence-corrected chi connectivity index (χ1v) is 10.8. The topological polar surface area (TPSA) is 92.8 Å². The molecule has 0 aromatic carbocycles. The molecule has 1 atom stereocenters. The number of hydrogen-bond acceptors (Lipinski definition) is 6. The van der Waals surface area contributed by atoms with E-state index in [1.54, 1.807) is 25.6 Å². The molecule has 0 spiro atoms. The molecule has 0 saturated heterocycles. The van der Waals surface area contributed by atoms with Crippen molar-refractivity contribution < 1.29 is 9.53 Å². The summed E-state index contributed by atoms with van der Waals surface area (Å²) in [4.78, 5) is 21.4. The number of nitriles is 1. The van der Waals surface area contributed by atoms with Crippen LogP contribution in [0, 0.1) is 25.2 Å². The van der Waals surface area contributed by atoms with Crippen molar-refractivity contribution in [2.24, 2.45) is 0 Å². The van der Waals surface area contributed by atoms with Gasteiger partial charge >= 0.3 is 0 Å². The monoisotopic (exact) mass is 435 g/mol. The summed E-state index contributed by atoms with van der Waals surface area (Å²) in [7, 11) is 1.66. The standard InChI is InChI=1S/C23H25N5O2S/c1-15-11-19(17(3)28(15)9-10-30-4)12-20(13-24)22(29)26-16(2)23-27-21(14-31-23)18-5-7-25-8-6-18/h5-8,11-12,14,16H,9-10H2,1-4H3,(H,26,29). The number of rotatable bonds is 8. The first-order chi connectivity index (χ1) is 14.9. The fourth-order valence-electron chi connectivity index (χ4n) is 3.28. The van der Waals surface area contributed by atoms with Crippen molar-refractivity contribution in [2.75, 3.05) is 13.7 Å². The van der Waals surface area contributed by atoms with Gasteiger partial charge in [-0.25, -0.2) is 4.98 Å². The number of aromatic nitrogens is 3. The molecule has 0 aliphatic heterocycles. The van der Waals surface area contributed by atoms with Crippen molar-refractivity contribution in [3.8, 4) is 17.3 Å². The van der Waals surface area contributed by atoms with Gasteiger partial charge in [0.1, 0.15) is 16.6 Å². The Kier molecular flexibility index (Phi) is 7.34. The van der Waals surface area contributed by atoms with E-state index in [1.165, 1.54) is 11.3 Å². The maximum atomic E-state index is 12.8. The third-order valence-electron chi connectivity index (χ3n) is 5.01. The van der Waals surface area contributed by atoms with Crippen molar-refractivity contribution >= 4 is 23.3 Å². The van der Waals surface area contributed by atoms with Gasteiger partial charge in [-0.3, -0.25) is 9.78 Å². The Morgan fingerprint density at radius 2 is 2.13 bits per heavy atom. The zero-order chi connectivity index (χ0) is 22.4. The van der Waals surface area contributed by atoms with Gasteiger partial charge in [0.2, 0.25) is 0 Å². The molecule has 1 N–H and O–H groups in total. The summed E-state index contributed by atoms with van der Waals surface area (Å²) in [6.07, 6.45) is 5.07. The number of methoxy groups -OCH3 is 1. The van der Waals surface area contributed by atoms with Crippen LogP contribution in [0.3, 0.4) is 0 Å². The highest BCUT2D eigenvalue weighted by atomic mass is 32.1. The first kappa shape index (κ1) is 22.4. The van der Waals surface area contributed by atoms with Crippen LogP contribution in [0.15, 0.2) is 41.5 Å². The quantitative estimate of drug-likeness (QED) is 0.426. The van der Waals surface area contributed by atoms with Crippen molar-refractivity contribution in [3.05, 3.63) is 63.5 Å². The van der Waals surface area contributed by atoms with Gasteiger partial charge < -0.3 is 14.6 Å². The van der Waals surface area contributed by atoms with Gasteiger partial charge in [0.15, 0.2) is 0 Å². The van der Waals surface area contributed by atoms with E-state index in [4.69, 9.17) is 4.74 Å². The van der Waals surface area contributed by atoms with E-state index >= 15 is 0 Å². The minimum atomic E-state index is -0.419. The van der Waals surface area contributed by atoms with Crippen LogP contribution in [0.1, 0.15) is 34.9 Å². The van der Waals surface area contributed by atoms with E-state index < -0.39 is 5.91 Å². The molecule has 1 amide bonds. The molecule has 31 heavy (non-hydrogen) atoms. The molecule has 0 aliphatic carbocycles. The normalized spacial score (nSPS) is 12.4. The minimum absolute atomic E-state index is 0.0600. The van der Waals surface area contributed by atoms with Gasteiger partial charge in [0, 0.05) is 48.4 Å². The molecule has 0 aliphatic rings. The van der Waals surface area contributed by atoms with Crippen LogP contribution >= 0.6 is 11.3 Å². The van der Waals surface area contributed by atoms with E-state index in [-0.39, 0.29) is 11.6 Å².